The van der Waals surface area contributed by atoms with Crippen LogP contribution in [0.1, 0.15) is 17.2 Å². The number of aliphatic hydroxyl groups excluding tert-OH is 1. The van der Waals surface area contributed by atoms with Crippen molar-refractivity contribution in [1.82, 2.24) is 4.98 Å². The van der Waals surface area contributed by atoms with E-state index < -0.39 is 29.3 Å². The Morgan fingerprint density at radius 1 is 1.11 bits per heavy atom. The number of carbonyl (C=O) groups excluding carboxylic acids is 2. The summed E-state index contributed by atoms with van der Waals surface area (Å²) >= 11 is 6.99. The molecule has 0 spiro atoms. The summed E-state index contributed by atoms with van der Waals surface area (Å²) in [5.74, 6) is -2.70. The highest BCUT2D eigenvalue weighted by atomic mass is 35.5. The number of aromatic nitrogens is 1. The third kappa shape index (κ3) is 3.88. The standard InChI is InChI=1S/C25H16ClFN2O5S/c1-34-18-10-13(4-9-17(18)30)21-20(22(31)12-2-5-14(26)6-3-12)23(32)24(33)29(21)25-28-16-8-7-15(27)11-19(16)35-25/h2-11,21,30-31H,1H3. The monoisotopic (exact) mass is 510 g/mol. The number of phenolic OH excluding ortho intramolecular Hbond substituents is 1. The smallest absolute Gasteiger partial charge is 0.301 e. The molecular weight excluding hydrogens is 495 g/mol. The lowest BCUT2D eigenvalue weighted by Gasteiger charge is -2.23. The molecule has 0 bridgehead atoms. The molecular formula is C25H16ClFN2O5S. The van der Waals surface area contributed by atoms with Crippen LogP contribution in [0.15, 0.2) is 66.2 Å². The van der Waals surface area contributed by atoms with Gasteiger partial charge < -0.3 is 14.9 Å². The second-order valence-electron chi connectivity index (χ2n) is 7.72. The van der Waals surface area contributed by atoms with Gasteiger partial charge >= 0.3 is 5.91 Å². The average Bonchev–Trinajstić information content (AvgIpc) is 3.37. The van der Waals surface area contributed by atoms with Crippen molar-refractivity contribution in [2.75, 3.05) is 12.0 Å². The average molecular weight is 511 g/mol. The van der Waals surface area contributed by atoms with Gasteiger partial charge in [0, 0.05) is 10.6 Å². The Balaban J connectivity index is 1.75. The molecule has 1 unspecified atom stereocenters. The van der Waals surface area contributed by atoms with Gasteiger partial charge in [0.25, 0.3) is 5.78 Å². The molecule has 10 heteroatoms. The number of methoxy groups -OCH3 is 1. The fourth-order valence-corrected chi connectivity index (χ4v) is 5.11. The molecule has 1 aliphatic rings. The van der Waals surface area contributed by atoms with Gasteiger partial charge in [-0.15, -0.1) is 0 Å². The number of ether oxygens (including phenoxy) is 1. The van der Waals surface area contributed by atoms with Gasteiger partial charge in [0.05, 0.1) is 28.9 Å². The van der Waals surface area contributed by atoms with Crippen LogP contribution >= 0.6 is 22.9 Å². The molecule has 35 heavy (non-hydrogen) atoms. The fourth-order valence-electron chi connectivity index (χ4n) is 3.96. The Kier molecular flexibility index (Phi) is 5.66. The number of rotatable bonds is 4. The summed E-state index contributed by atoms with van der Waals surface area (Å²) in [6, 6.07) is 13.4. The number of hydrogen-bond donors (Lipinski definition) is 2. The summed E-state index contributed by atoms with van der Waals surface area (Å²) in [7, 11) is 1.37. The van der Waals surface area contributed by atoms with Gasteiger partial charge in [-0.1, -0.05) is 29.0 Å². The van der Waals surface area contributed by atoms with Crippen LogP contribution in [0.2, 0.25) is 5.02 Å². The van der Waals surface area contributed by atoms with Gasteiger partial charge in [-0.3, -0.25) is 14.5 Å². The largest absolute Gasteiger partial charge is 0.507 e. The maximum absolute atomic E-state index is 13.8. The lowest BCUT2D eigenvalue weighted by Crippen LogP contribution is -2.29. The van der Waals surface area contributed by atoms with Crippen LogP contribution in [0.3, 0.4) is 0 Å². The Morgan fingerprint density at radius 3 is 2.57 bits per heavy atom. The summed E-state index contributed by atoms with van der Waals surface area (Å²) in [6.45, 7) is 0. The van der Waals surface area contributed by atoms with Crippen molar-refractivity contribution in [3.8, 4) is 11.5 Å². The van der Waals surface area contributed by atoms with Gasteiger partial charge in [-0.2, -0.15) is 0 Å². The van der Waals surface area contributed by atoms with Crippen molar-refractivity contribution in [2.24, 2.45) is 0 Å². The lowest BCUT2D eigenvalue weighted by atomic mass is 9.95. The van der Waals surface area contributed by atoms with Crippen LogP contribution in [0.5, 0.6) is 11.5 Å². The molecule has 1 saturated heterocycles. The van der Waals surface area contributed by atoms with E-state index in [1.54, 1.807) is 12.1 Å². The molecule has 7 nitrogen and oxygen atoms in total. The highest BCUT2D eigenvalue weighted by Gasteiger charge is 2.48. The maximum atomic E-state index is 13.8. The number of aromatic hydroxyl groups is 1. The first-order chi connectivity index (χ1) is 16.8. The summed E-state index contributed by atoms with van der Waals surface area (Å²) in [5, 5.41) is 21.8. The van der Waals surface area contributed by atoms with E-state index in [4.69, 9.17) is 16.3 Å². The SMILES string of the molecule is COc1cc(C2C(=C(O)c3ccc(Cl)cc3)C(=O)C(=O)N2c2nc3ccc(F)cc3s2)ccc1O. The quantitative estimate of drug-likeness (QED) is 0.216. The number of phenols is 1. The molecule has 2 heterocycles. The molecule has 5 rings (SSSR count). The number of benzene rings is 3. The van der Waals surface area contributed by atoms with E-state index in [-0.39, 0.29) is 27.8 Å². The third-order valence-electron chi connectivity index (χ3n) is 5.63. The van der Waals surface area contributed by atoms with Gasteiger partial charge in [-0.05, 0) is 60.2 Å². The lowest BCUT2D eigenvalue weighted by molar-refractivity contribution is -0.132. The molecule has 0 aliphatic carbocycles. The van der Waals surface area contributed by atoms with Crippen molar-refractivity contribution >= 4 is 55.7 Å². The number of Topliss-reactive ketones (excluding diaryl/α,β-unsaturated/α-hetero) is 1. The van der Waals surface area contributed by atoms with Crippen molar-refractivity contribution in [2.45, 2.75) is 6.04 Å². The van der Waals surface area contributed by atoms with Crippen LogP contribution in [-0.4, -0.2) is 34.0 Å². The zero-order chi connectivity index (χ0) is 24.9. The predicted molar refractivity (Wildman–Crippen MR) is 130 cm³/mol. The molecule has 0 radical (unpaired) electrons. The van der Waals surface area contributed by atoms with Crippen LogP contribution in [0, 0.1) is 5.82 Å². The van der Waals surface area contributed by atoms with Crippen molar-refractivity contribution in [3.63, 3.8) is 0 Å². The molecule has 1 aliphatic heterocycles. The van der Waals surface area contributed by atoms with Crippen molar-refractivity contribution in [1.29, 1.82) is 0 Å². The summed E-state index contributed by atoms with van der Waals surface area (Å²) in [6.07, 6.45) is 0. The highest BCUT2D eigenvalue weighted by Crippen LogP contribution is 2.45. The number of anilines is 1. The van der Waals surface area contributed by atoms with Gasteiger partial charge in [0.1, 0.15) is 11.6 Å². The number of fused-ring (bicyclic) bond motifs is 1. The molecule has 2 N–H and O–H groups in total. The molecule has 1 amide bonds. The Morgan fingerprint density at radius 2 is 1.86 bits per heavy atom. The van der Waals surface area contributed by atoms with Gasteiger partial charge in [0.2, 0.25) is 0 Å². The zero-order valence-corrected chi connectivity index (χ0v) is 19.6. The number of hydrogen-bond acceptors (Lipinski definition) is 7. The minimum absolute atomic E-state index is 0.117. The number of ketones is 1. The summed E-state index contributed by atoms with van der Waals surface area (Å²) < 4.78 is 19.5. The summed E-state index contributed by atoms with van der Waals surface area (Å²) in [4.78, 5) is 32.1. The molecule has 1 fully saturated rings. The molecule has 1 atom stereocenters. The number of carbonyl (C=O) groups is 2. The molecule has 4 aromatic rings. The maximum Gasteiger partial charge on any atom is 0.301 e. The second-order valence-corrected chi connectivity index (χ2v) is 9.16. The van der Waals surface area contributed by atoms with Crippen molar-refractivity contribution < 1.29 is 28.9 Å². The van der Waals surface area contributed by atoms with E-state index in [1.165, 1.54) is 55.6 Å². The first kappa shape index (κ1) is 22.8. The zero-order valence-electron chi connectivity index (χ0n) is 18.0. The Labute approximate surface area is 207 Å². The number of aliphatic hydroxyl groups is 1. The van der Waals surface area contributed by atoms with E-state index in [9.17, 15) is 24.2 Å². The predicted octanol–water partition coefficient (Wildman–Crippen LogP) is 5.43. The van der Waals surface area contributed by atoms with Gasteiger partial charge in [-0.25, -0.2) is 9.37 Å². The molecule has 1 aromatic heterocycles. The van der Waals surface area contributed by atoms with E-state index in [0.29, 0.717) is 20.8 Å². The minimum Gasteiger partial charge on any atom is -0.507 e. The van der Waals surface area contributed by atoms with Crippen LogP contribution in [-0.2, 0) is 9.59 Å². The van der Waals surface area contributed by atoms with Crippen LogP contribution in [0.4, 0.5) is 9.52 Å². The number of amides is 1. The third-order valence-corrected chi connectivity index (χ3v) is 6.90. The Bertz CT molecular complexity index is 1530. The van der Waals surface area contributed by atoms with E-state index in [0.717, 1.165) is 16.2 Å². The first-order valence-corrected chi connectivity index (χ1v) is 11.5. The van der Waals surface area contributed by atoms with Crippen LogP contribution in [0.25, 0.3) is 16.0 Å². The number of halogens is 2. The van der Waals surface area contributed by atoms with E-state index in [2.05, 4.69) is 4.98 Å². The first-order valence-electron chi connectivity index (χ1n) is 10.3. The number of nitrogens with zero attached hydrogens (tertiary/aromatic N) is 2. The molecule has 0 saturated carbocycles. The topological polar surface area (TPSA) is 100.0 Å². The molecule has 176 valence electrons. The van der Waals surface area contributed by atoms with Crippen molar-refractivity contribution in [3.05, 3.63) is 88.2 Å². The normalized spacial score (nSPS) is 17.3. The highest BCUT2D eigenvalue weighted by molar-refractivity contribution is 7.22. The molecule has 3 aromatic carbocycles. The van der Waals surface area contributed by atoms with E-state index >= 15 is 0 Å². The van der Waals surface area contributed by atoms with Crippen LogP contribution < -0.4 is 9.64 Å². The number of thiazole rings is 1. The minimum atomic E-state index is -1.09. The van der Waals surface area contributed by atoms with E-state index in [1.807, 2.05) is 0 Å². The van der Waals surface area contributed by atoms with Gasteiger partial charge in [0.15, 0.2) is 16.6 Å². The Hall–Kier alpha value is -3.95. The second kappa shape index (κ2) is 8.68. The summed E-state index contributed by atoms with van der Waals surface area (Å²) in [5.41, 5.74) is 0.956. The fraction of sp³-hybridized carbons (Fsp3) is 0.0800.